The number of hydrogen-bond acceptors (Lipinski definition) is 13. The van der Waals surface area contributed by atoms with Crippen molar-refractivity contribution in [2.75, 3.05) is 35.0 Å². The summed E-state index contributed by atoms with van der Waals surface area (Å²) >= 11 is 0. The number of carbonyl (C=O) groups is 5. The fraction of sp³-hybridized carbons (Fsp3) is 0.776. The van der Waals surface area contributed by atoms with Crippen LogP contribution in [0.15, 0.2) is 47.6 Å². The van der Waals surface area contributed by atoms with Crippen LogP contribution < -0.4 is 0 Å². The van der Waals surface area contributed by atoms with Gasteiger partial charge in [-0.1, -0.05) is 119 Å². The predicted molar refractivity (Wildman–Crippen MR) is 286 cm³/mol. The minimum Gasteiger partial charge on any atom is -0.460 e. The van der Waals surface area contributed by atoms with Gasteiger partial charge in [-0.3, -0.25) is 19.2 Å². The van der Waals surface area contributed by atoms with Crippen molar-refractivity contribution in [1.82, 2.24) is 4.90 Å². The van der Waals surface area contributed by atoms with Crippen molar-refractivity contribution < 1.29 is 63.0 Å². The molecule has 3 N–H and O–H groups in total. The van der Waals surface area contributed by atoms with Gasteiger partial charge in [0, 0.05) is 59.2 Å². The molecule has 3 fully saturated rings. The largest absolute Gasteiger partial charge is 0.460 e. The number of piperidine rings is 1. The highest BCUT2D eigenvalue weighted by Crippen LogP contribution is 2.38. The summed E-state index contributed by atoms with van der Waals surface area (Å²) in [5.41, 5.74) is 1.46. The van der Waals surface area contributed by atoms with Gasteiger partial charge in [-0.05, 0) is 114 Å². The summed E-state index contributed by atoms with van der Waals surface area (Å²) in [6.45, 7) is 23.0. The van der Waals surface area contributed by atoms with E-state index in [2.05, 4.69) is 4.74 Å². The number of allylic oxidation sites excluding steroid dienone is 7. The second-order valence-corrected chi connectivity index (χ2v) is 20.2. The molecule has 1 unspecified atom stereocenters. The molecule has 2 saturated heterocycles. The van der Waals surface area contributed by atoms with Crippen LogP contribution in [0.25, 0.3) is 0 Å². The van der Waals surface area contributed by atoms with Crippen LogP contribution in [0.5, 0.6) is 0 Å². The first-order chi connectivity index (χ1) is 33.6. The van der Waals surface area contributed by atoms with E-state index in [4.69, 9.17) is 18.9 Å². The van der Waals surface area contributed by atoms with E-state index < -0.39 is 77.8 Å². The Morgan fingerprint density at radius 3 is 2.04 bits per heavy atom. The van der Waals surface area contributed by atoms with Crippen molar-refractivity contribution in [3.63, 3.8) is 0 Å². The van der Waals surface area contributed by atoms with Gasteiger partial charge in [0.05, 0.1) is 18.3 Å². The molecule has 14 heteroatoms. The van der Waals surface area contributed by atoms with E-state index in [1.165, 1.54) is 12.0 Å². The normalized spacial score (nSPS) is 36.7. The molecule has 416 valence electrons. The molecule has 3 aliphatic heterocycles. The third kappa shape index (κ3) is 20.4. The molecule has 1 saturated carbocycles. The zero-order valence-electron chi connectivity index (χ0n) is 46.6. The molecular weight excluding hydrogens is 919 g/mol. The number of aliphatic hydroxyl groups excluding tert-OH is 2. The Morgan fingerprint density at radius 2 is 1.43 bits per heavy atom. The van der Waals surface area contributed by atoms with Crippen molar-refractivity contribution in [2.24, 2.45) is 41.4 Å². The summed E-state index contributed by atoms with van der Waals surface area (Å²) in [5, 5.41) is 33.8. The van der Waals surface area contributed by atoms with Crippen LogP contribution in [0.1, 0.15) is 168 Å². The maximum atomic E-state index is 14.3. The summed E-state index contributed by atoms with van der Waals surface area (Å²) < 4.78 is 27.8. The average Bonchev–Trinajstić information content (AvgIpc) is 3.35. The maximum Gasteiger partial charge on any atom is 0.329 e. The quantitative estimate of drug-likeness (QED) is 0.134. The second-order valence-electron chi connectivity index (χ2n) is 20.2. The zero-order chi connectivity index (χ0) is 54.2. The highest BCUT2D eigenvalue weighted by Gasteiger charge is 2.53. The minimum absolute atomic E-state index is 0. The third-order valence-electron chi connectivity index (χ3n) is 14.6. The molecule has 1 aliphatic carbocycles. The van der Waals surface area contributed by atoms with Gasteiger partial charge in [0.15, 0.2) is 5.78 Å². The Balaban J connectivity index is 0.00000599. The number of nitrogens with zero attached hydrogens (tertiary/aromatic N) is 1. The van der Waals surface area contributed by atoms with Crippen LogP contribution >= 0.6 is 0 Å². The summed E-state index contributed by atoms with van der Waals surface area (Å²) in [4.78, 5) is 71.7. The summed E-state index contributed by atoms with van der Waals surface area (Å²) in [5.74, 6) is -7.66. The van der Waals surface area contributed by atoms with E-state index in [1.807, 2.05) is 92.7 Å². The molecule has 0 radical (unpaired) electrons. The molecule has 0 aromatic carbocycles. The highest BCUT2D eigenvalue weighted by molar-refractivity contribution is 6.39. The number of amides is 1. The Labute approximate surface area is 435 Å². The second kappa shape index (κ2) is 35.0. The number of rotatable bonds is 5. The van der Waals surface area contributed by atoms with Crippen LogP contribution in [0.3, 0.4) is 0 Å². The van der Waals surface area contributed by atoms with Gasteiger partial charge in [-0.2, -0.15) is 0 Å². The topological polar surface area (TPSA) is 195 Å². The fourth-order valence-electron chi connectivity index (χ4n) is 10.0. The Kier molecular flexibility index (Phi) is 33.4. The predicted octanol–water partition coefficient (Wildman–Crippen LogP) is 9.75. The van der Waals surface area contributed by atoms with Gasteiger partial charge in [0.1, 0.15) is 30.1 Å². The lowest BCUT2D eigenvalue weighted by Crippen LogP contribution is -2.60. The van der Waals surface area contributed by atoms with Crippen molar-refractivity contribution in [1.29, 1.82) is 0 Å². The Bertz CT molecular complexity index is 1760. The number of fused-ring (bicyclic) bond motifs is 3. The van der Waals surface area contributed by atoms with E-state index in [0.29, 0.717) is 63.4 Å². The number of ketones is 3. The zero-order valence-corrected chi connectivity index (χ0v) is 46.6. The number of aliphatic hydroxyl groups is 3. The number of carbonyl (C=O) groups excluding carboxylic acids is 5. The number of Topliss-reactive ketones (excluding diaryl/α,β-unsaturated/α-hetero) is 3. The molecule has 0 aromatic heterocycles. The first-order valence-corrected chi connectivity index (χ1v) is 26.7. The highest BCUT2D eigenvalue weighted by atomic mass is 16.6. The molecule has 4 rings (SSSR count). The summed E-state index contributed by atoms with van der Waals surface area (Å²) in [6.07, 6.45) is 12.5. The molecule has 1 amide bonds. The van der Waals surface area contributed by atoms with E-state index >= 15 is 0 Å². The molecule has 15 atom stereocenters. The summed E-state index contributed by atoms with van der Waals surface area (Å²) in [7, 11) is 6.20. The van der Waals surface area contributed by atoms with Crippen LogP contribution in [-0.2, 0) is 47.7 Å². The molecular formula is C58H101NO13. The van der Waals surface area contributed by atoms with E-state index in [0.717, 1.165) is 12.0 Å². The van der Waals surface area contributed by atoms with Crippen LogP contribution in [0, 0.1) is 41.4 Å². The van der Waals surface area contributed by atoms with Crippen molar-refractivity contribution in [3.8, 4) is 0 Å². The van der Waals surface area contributed by atoms with Gasteiger partial charge >= 0.3 is 5.97 Å². The molecule has 72 heavy (non-hydrogen) atoms. The minimum atomic E-state index is -2.37. The number of hydrogen-bond donors (Lipinski definition) is 3. The Morgan fingerprint density at radius 1 is 0.792 bits per heavy atom. The van der Waals surface area contributed by atoms with Crippen LogP contribution in [-0.4, -0.2) is 133 Å². The number of ether oxygens (including phenoxy) is 5. The molecule has 0 aromatic rings. The van der Waals surface area contributed by atoms with Gasteiger partial charge in [-0.25, -0.2) is 4.79 Å². The van der Waals surface area contributed by atoms with E-state index in [-0.39, 0.29) is 68.2 Å². The molecule has 14 nitrogen and oxygen atoms in total. The number of methoxy groups -OCH3 is 3. The molecule has 4 aliphatic rings. The first kappa shape index (κ1) is 68.6. The van der Waals surface area contributed by atoms with Gasteiger partial charge in [0.2, 0.25) is 5.79 Å². The Hall–Kier alpha value is -3.37. The van der Waals surface area contributed by atoms with Crippen LogP contribution in [0.2, 0.25) is 0 Å². The SMILES string of the molecule is C.CC.CC.COC.CO[C@@H]1C[C@H](C[C@@H](C)[C@@H]2CC(=O)[C@H](C)/C=C(\C)[C@@H](O)[C@@H](OC)C(=O)[C@H](C)C[C@H](C)/C=C/C=C/C=C(\C)C(C)C[C@@H]3CC[C@@H](C)[C@@](O)(O3)C(=O)C(=O)N3CCCC[C@H]3C(=O)O2)CC[C@@H]1O. The average molecular weight is 1020 g/mol. The fourth-order valence-corrected chi connectivity index (χ4v) is 10.0. The van der Waals surface area contributed by atoms with Gasteiger partial charge in [-0.15, -0.1) is 0 Å². The number of cyclic esters (lactones) is 1. The van der Waals surface area contributed by atoms with E-state index in [1.54, 1.807) is 48.2 Å². The smallest absolute Gasteiger partial charge is 0.329 e. The van der Waals surface area contributed by atoms with Gasteiger partial charge < -0.3 is 43.9 Å². The van der Waals surface area contributed by atoms with Gasteiger partial charge in [0.25, 0.3) is 11.7 Å². The van der Waals surface area contributed by atoms with Crippen molar-refractivity contribution in [3.05, 3.63) is 47.6 Å². The summed E-state index contributed by atoms with van der Waals surface area (Å²) in [6, 6.07) is -1.12. The lowest BCUT2D eigenvalue weighted by molar-refractivity contribution is -0.264. The van der Waals surface area contributed by atoms with Crippen molar-refractivity contribution >= 4 is 29.2 Å². The lowest BCUT2D eigenvalue weighted by Gasteiger charge is -2.42. The van der Waals surface area contributed by atoms with Crippen molar-refractivity contribution in [2.45, 2.75) is 216 Å². The molecule has 2 bridgehead atoms. The lowest BCUT2D eigenvalue weighted by atomic mass is 9.78. The standard InChI is InChI=1S/C51H79NO12.C2H6O.2C2H6.CH4/c1-30-16-12-11-13-17-31(2)32(3)27-39-21-19-37(8)51(60,64-39)48(57)49(58)52-23-15-14-18-40(52)50(59)63-43(34(5)26-38-20-22-41(53)44(28-38)61-9)29-42(54)33(4)25-36(7)46(56)47(62-10)45(55)35(6)24-30;1-3-2;2*1-2;/h11-13,16-17,25,30,32-35,37-41,43-44,46-47,53,56,60H,14-15,18-24,26-29H2,1-10H3;1-2H3;2*1-2H3;1H4/b13-11+,16-12+,31-17+,36-25+;;;;/t30-,32?,33-,34-,35-,37-,38+,39+,40+,41+,43+,44-,46-,47+,51-;;;;/m1..../s1. The monoisotopic (exact) mass is 1020 g/mol. The maximum absolute atomic E-state index is 14.3. The molecule has 3 heterocycles. The molecule has 0 spiro atoms. The van der Waals surface area contributed by atoms with Crippen LogP contribution in [0.4, 0.5) is 0 Å². The number of esters is 1. The third-order valence-corrected chi connectivity index (χ3v) is 14.6. The first-order valence-electron chi connectivity index (χ1n) is 26.7. The van der Waals surface area contributed by atoms with E-state index in [9.17, 15) is 39.3 Å².